The SMILES string of the molecule is CCOC(=O)[C@@H]1CCCN(CC(=O)N2N=C(c3ccc(OC)c(OC)c3)C[C@@H]2c2ccccc2OC)C1. The van der Waals surface area contributed by atoms with Crippen molar-refractivity contribution in [2.45, 2.75) is 32.2 Å². The third-order valence-electron chi connectivity index (χ3n) is 6.86. The molecule has 9 heteroatoms. The van der Waals surface area contributed by atoms with Crippen molar-refractivity contribution < 1.29 is 28.5 Å². The molecule has 1 saturated heterocycles. The Hall–Kier alpha value is -3.59. The third kappa shape index (κ3) is 5.88. The highest BCUT2D eigenvalue weighted by molar-refractivity contribution is 6.03. The second-order valence-corrected chi connectivity index (χ2v) is 9.14. The monoisotopic (exact) mass is 509 g/mol. The van der Waals surface area contributed by atoms with Crippen LogP contribution in [0.5, 0.6) is 17.2 Å². The summed E-state index contributed by atoms with van der Waals surface area (Å²) >= 11 is 0. The number of hydrogen-bond donors (Lipinski definition) is 0. The molecule has 4 rings (SSSR count). The Morgan fingerprint density at radius 3 is 2.49 bits per heavy atom. The molecule has 0 spiro atoms. The fraction of sp³-hybridized carbons (Fsp3) is 0.464. The highest BCUT2D eigenvalue weighted by atomic mass is 16.5. The summed E-state index contributed by atoms with van der Waals surface area (Å²) in [6, 6.07) is 13.0. The predicted octanol–water partition coefficient (Wildman–Crippen LogP) is 3.67. The molecule has 2 atom stereocenters. The molecule has 2 aromatic rings. The fourth-order valence-electron chi connectivity index (χ4n) is 5.03. The zero-order valence-corrected chi connectivity index (χ0v) is 21.9. The topological polar surface area (TPSA) is 89.9 Å². The molecular weight excluding hydrogens is 474 g/mol. The lowest BCUT2D eigenvalue weighted by atomic mass is 9.97. The van der Waals surface area contributed by atoms with Crippen LogP contribution in [0.25, 0.3) is 0 Å². The quantitative estimate of drug-likeness (QED) is 0.477. The molecule has 2 heterocycles. The molecule has 37 heavy (non-hydrogen) atoms. The van der Waals surface area contributed by atoms with Gasteiger partial charge in [-0.2, -0.15) is 5.10 Å². The third-order valence-corrected chi connectivity index (χ3v) is 6.86. The van der Waals surface area contributed by atoms with Gasteiger partial charge in [0.1, 0.15) is 5.75 Å². The number of carbonyl (C=O) groups excluding carboxylic acids is 2. The number of piperidine rings is 1. The van der Waals surface area contributed by atoms with Gasteiger partial charge in [0.2, 0.25) is 0 Å². The maximum absolute atomic E-state index is 13.7. The van der Waals surface area contributed by atoms with Crippen LogP contribution in [0.2, 0.25) is 0 Å². The van der Waals surface area contributed by atoms with Crippen molar-refractivity contribution in [1.82, 2.24) is 9.91 Å². The Kier molecular flexibility index (Phi) is 8.66. The number of amides is 1. The van der Waals surface area contributed by atoms with E-state index in [4.69, 9.17) is 24.0 Å². The lowest BCUT2D eigenvalue weighted by Gasteiger charge is -2.32. The van der Waals surface area contributed by atoms with E-state index in [1.807, 2.05) is 47.4 Å². The summed E-state index contributed by atoms with van der Waals surface area (Å²) in [4.78, 5) is 28.0. The van der Waals surface area contributed by atoms with E-state index in [1.165, 1.54) is 0 Å². The molecule has 0 aromatic heterocycles. The first-order valence-corrected chi connectivity index (χ1v) is 12.6. The minimum Gasteiger partial charge on any atom is -0.496 e. The van der Waals surface area contributed by atoms with Gasteiger partial charge in [-0.3, -0.25) is 14.5 Å². The summed E-state index contributed by atoms with van der Waals surface area (Å²) in [5.74, 6) is 1.39. The Bertz CT molecular complexity index is 1150. The van der Waals surface area contributed by atoms with Gasteiger partial charge in [-0.15, -0.1) is 0 Å². The van der Waals surface area contributed by atoms with Crippen LogP contribution in [0.15, 0.2) is 47.6 Å². The number of para-hydroxylation sites is 1. The molecular formula is C28H35N3O6. The van der Waals surface area contributed by atoms with E-state index in [0.717, 1.165) is 36.2 Å². The summed E-state index contributed by atoms with van der Waals surface area (Å²) in [5.41, 5.74) is 2.52. The second kappa shape index (κ2) is 12.1. The average Bonchev–Trinajstić information content (AvgIpc) is 3.38. The molecule has 0 bridgehead atoms. The van der Waals surface area contributed by atoms with E-state index in [1.54, 1.807) is 33.3 Å². The van der Waals surface area contributed by atoms with Crippen LogP contribution in [0.4, 0.5) is 0 Å². The van der Waals surface area contributed by atoms with Crippen LogP contribution in [-0.4, -0.2) is 75.1 Å². The largest absolute Gasteiger partial charge is 0.496 e. The number of carbonyl (C=O) groups is 2. The zero-order chi connectivity index (χ0) is 26.4. The van der Waals surface area contributed by atoms with Crippen LogP contribution in [0.1, 0.15) is 43.4 Å². The molecule has 1 amide bonds. The first-order chi connectivity index (χ1) is 18.0. The van der Waals surface area contributed by atoms with Crippen molar-refractivity contribution >= 4 is 17.6 Å². The number of benzene rings is 2. The molecule has 0 aliphatic carbocycles. The molecule has 0 N–H and O–H groups in total. The number of esters is 1. The minimum absolute atomic E-state index is 0.129. The molecule has 0 radical (unpaired) electrons. The maximum Gasteiger partial charge on any atom is 0.310 e. The number of hydrazone groups is 1. The number of methoxy groups -OCH3 is 3. The summed E-state index contributed by atoms with van der Waals surface area (Å²) in [7, 11) is 4.81. The zero-order valence-electron chi connectivity index (χ0n) is 21.9. The first-order valence-electron chi connectivity index (χ1n) is 12.6. The van der Waals surface area contributed by atoms with Gasteiger partial charge >= 0.3 is 5.97 Å². The lowest BCUT2D eigenvalue weighted by molar-refractivity contribution is -0.150. The van der Waals surface area contributed by atoms with E-state index in [-0.39, 0.29) is 30.4 Å². The molecule has 198 valence electrons. The van der Waals surface area contributed by atoms with Crippen LogP contribution in [-0.2, 0) is 14.3 Å². The smallest absolute Gasteiger partial charge is 0.310 e. The molecule has 2 aromatic carbocycles. The Balaban J connectivity index is 1.60. The van der Waals surface area contributed by atoms with Crippen LogP contribution in [0.3, 0.4) is 0 Å². The number of hydrogen-bond acceptors (Lipinski definition) is 8. The van der Waals surface area contributed by atoms with E-state index in [2.05, 4.69) is 0 Å². The molecule has 2 aliphatic heterocycles. The van der Waals surface area contributed by atoms with Crippen molar-refractivity contribution in [2.75, 3.05) is 47.6 Å². The van der Waals surface area contributed by atoms with Crippen LogP contribution in [0, 0.1) is 5.92 Å². The molecule has 0 unspecified atom stereocenters. The van der Waals surface area contributed by atoms with Gasteiger partial charge in [0.25, 0.3) is 5.91 Å². The number of nitrogens with zero attached hydrogens (tertiary/aromatic N) is 3. The lowest BCUT2D eigenvalue weighted by Crippen LogP contribution is -2.44. The molecule has 1 fully saturated rings. The van der Waals surface area contributed by atoms with Crippen molar-refractivity contribution in [3.8, 4) is 17.2 Å². The normalized spacial score (nSPS) is 19.8. The van der Waals surface area contributed by atoms with Gasteiger partial charge in [0.15, 0.2) is 11.5 Å². The highest BCUT2D eigenvalue weighted by Gasteiger charge is 2.36. The highest BCUT2D eigenvalue weighted by Crippen LogP contribution is 2.39. The fourth-order valence-corrected chi connectivity index (χ4v) is 5.03. The summed E-state index contributed by atoms with van der Waals surface area (Å²) in [6.07, 6.45) is 2.14. The van der Waals surface area contributed by atoms with Gasteiger partial charge in [-0.05, 0) is 50.6 Å². The van der Waals surface area contributed by atoms with Crippen molar-refractivity contribution in [3.63, 3.8) is 0 Å². The van der Waals surface area contributed by atoms with Crippen LogP contribution >= 0.6 is 0 Å². The van der Waals surface area contributed by atoms with Gasteiger partial charge in [-0.25, -0.2) is 5.01 Å². The van der Waals surface area contributed by atoms with E-state index >= 15 is 0 Å². The minimum atomic E-state index is -0.322. The van der Waals surface area contributed by atoms with Crippen molar-refractivity contribution in [3.05, 3.63) is 53.6 Å². The second-order valence-electron chi connectivity index (χ2n) is 9.14. The summed E-state index contributed by atoms with van der Waals surface area (Å²) in [6.45, 7) is 3.59. The summed E-state index contributed by atoms with van der Waals surface area (Å²) < 4.78 is 21.7. The van der Waals surface area contributed by atoms with Gasteiger partial charge < -0.3 is 18.9 Å². The molecule has 0 saturated carbocycles. The van der Waals surface area contributed by atoms with Crippen molar-refractivity contribution in [2.24, 2.45) is 11.0 Å². The average molecular weight is 510 g/mol. The number of ether oxygens (including phenoxy) is 4. The van der Waals surface area contributed by atoms with Gasteiger partial charge in [0.05, 0.1) is 52.2 Å². The molecule has 2 aliphatic rings. The number of likely N-dealkylation sites (tertiary alicyclic amines) is 1. The van der Waals surface area contributed by atoms with E-state index < -0.39 is 0 Å². The Labute approximate surface area is 217 Å². The predicted molar refractivity (Wildman–Crippen MR) is 139 cm³/mol. The van der Waals surface area contributed by atoms with Crippen molar-refractivity contribution in [1.29, 1.82) is 0 Å². The number of rotatable bonds is 9. The Morgan fingerprint density at radius 1 is 1.00 bits per heavy atom. The maximum atomic E-state index is 13.7. The molecule has 9 nitrogen and oxygen atoms in total. The standard InChI is InChI=1S/C28H35N3O6/c1-5-37-28(33)20-9-8-14-30(17-20)18-27(32)31-23(21-10-6-7-11-24(21)34-2)16-22(29-31)19-12-13-25(35-3)26(15-19)36-4/h6-7,10-13,15,20,23H,5,8-9,14,16-18H2,1-4H3/t20-,23-/m1/s1. The van der Waals surface area contributed by atoms with Crippen LogP contribution < -0.4 is 14.2 Å². The summed E-state index contributed by atoms with van der Waals surface area (Å²) in [5, 5.41) is 6.37. The van der Waals surface area contributed by atoms with Gasteiger partial charge in [-0.1, -0.05) is 18.2 Å². The first kappa shape index (κ1) is 26.5. The Morgan fingerprint density at radius 2 is 1.76 bits per heavy atom. The van der Waals surface area contributed by atoms with Gasteiger partial charge in [0, 0.05) is 24.1 Å². The van der Waals surface area contributed by atoms with E-state index in [0.29, 0.717) is 36.8 Å². The van der Waals surface area contributed by atoms with E-state index in [9.17, 15) is 9.59 Å².